The molecule has 3 aromatic rings. The maximum Gasteiger partial charge on any atom is 0.276 e. The van der Waals surface area contributed by atoms with Crippen molar-refractivity contribution in [1.82, 2.24) is 19.9 Å². The van der Waals surface area contributed by atoms with E-state index in [0.29, 0.717) is 35.3 Å². The van der Waals surface area contributed by atoms with Crippen molar-refractivity contribution in [2.24, 2.45) is 0 Å². The largest absolute Gasteiger partial charge is 0.390 e. The van der Waals surface area contributed by atoms with E-state index in [1.54, 1.807) is 34.8 Å². The lowest BCUT2D eigenvalue weighted by molar-refractivity contribution is -0.118. The van der Waals surface area contributed by atoms with Gasteiger partial charge in [0.05, 0.1) is 29.9 Å². The summed E-state index contributed by atoms with van der Waals surface area (Å²) in [6.07, 6.45) is 4.15. The predicted octanol–water partition coefficient (Wildman–Crippen LogP) is 1.62. The number of aromatic nitrogens is 3. The first-order valence-electron chi connectivity index (χ1n) is 9.40. The molecule has 0 aliphatic carbocycles. The Morgan fingerprint density at radius 3 is 2.73 bits per heavy atom. The van der Waals surface area contributed by atoms with Gasteiger partial charge in [0.25, 0.3) is 5.91 Å². The van der Waals surface area contributed by atoms with Crippen molar-refractivity contribution in [1.29, 1.82) is 0 Å². The molecule has 0 atom stereocenters. The molecule has 0 bridgehead atoms. The van der Waals surface area contributed by atoms with E-state index in [2.05, 4.69) is 25.2 Å². The number of thiazole rings is 1. The summed E-state index contributed by atoms with van der Waals surface area (Å²) in [5.74, 6) is -0.346. The van der Waals surface area contributed by atoms with E-state index in [9.17, 15) is 14.7 Å². The highest BCUT2D eigenvalue weighted by Gasteiger charge is 2.17. The minimum Gasteiger partial charge on any atom is -0.390 e. The molecule has 0 spiro atoms. The highest BCUT2D eigenvalue weighted by Crippen LogP contribution is 2.27. The summed E-state index contributed by atoms with van der Waals surface area (Å²) in [5.41, 5.74) is 3.12. The van der Waals surface area contributed by atoms with Crippen molar-refractivity contribution in [3.05, 3.63) is 53.4 Å². The van der Waals surface area contributed by atoms with Gasteiger partial charge < -0.3 is 14.9 Å². The molecule has 4 rings (SSSR count). The Labute approximate surface area is 177 Å². The lowest BCUT2D eigenvalue weighted by Gasteiger charge is -2.33. The van der Waals surface area contributed by atoms with Gasteiger partial charge in [-0.05, 0) is 24.3 Å². The number of aliphatic hydroxyl groups excluding tert-OH is 1. The predicted molar refractivity (Wildman–Crippen MR) is 113 cm³/mol. The molecular weight excluding hydrogens is 404 g/mol. The fraction of sp³-hybridized carbons (Fsp3) is 0.250. The zero-order valence-corrected chi connectivity index (χ0v) is 16.9. The average Bonchev–Trinajstić information content (AvgIpc) is 3.27. The molecule has 1 fully saturated rings. The first kappa shape index (κ1) is 19.9. The van der Waals surface area contributed by atoms with Crippen molar-refractivity contribution in [2.75, 3.05) is 36.4 Å². The molecular formula is C20H20N6O3S. The first-order valence-corrected chi connectivity index (χ1v) is 10.3. The maximum atomic E-state index is 12.5. The maximum absolute atomic E-state index is 12.5. The van der Waals surface area contributed by atoms with E-state index in [1.807, 2.05) is 12.1 Å². The molecule has 0 saturated carbocycles. The number of aliphatic hydroxyl groups is 1. The minimum absolute atomic E-state index is 0.185. The van der Waals surface area contributed by atoms with Crippen LogP contribution >= 0.6 is 11.3 Å². The number of nitrogens with one attached hydrogen (secondary N) is 1. The molecule has 9 nitrogen and oxygen atoms in total. The standard InChI is InChI=1S/C20H20N6O3S/c27-11-17-15(2-1-5-21-17)18-12-30-20(23-18)24-19(29)16-4-3-14(10-22-16)26-8-6-25(13-28)7-9-26/h1-5,10,12-13,27H,6-9,11H2,(H,23,24,29). The van der Waals surface area contributed by atoms with Gasteiger partial charge in [-0.3, -0.25) is 19.9 Å². The van der Waals surface area contributed by atoms with Crippen LogP contribution in [-0.2, 0) is 11.4 Å². The fourth-order valence-corrected chi connectivity index (χ4v) is 3.91. The highest BCUT2D eigenvalue weighted by molar-refractivity contribution is 7.14. The Balaban J connectivity index is 1.41. The second-order valence-electron chi connectivity index (χ2n) is 6.68. The van der Waals surface area contributed by atoms with Crippen LogP contribution < -0.4 is 10.2 Å². The number of amides is 2. The molecule has 1 aliphatic heterocycles. The summed E-state index contributed by atoms with van der Waals surface area (Å²) in [5, 5.41) is 14.4. The smallest absolute Gasteiger partial charge is 0.276 e. The average molecular weight is 424 g/mol. The summed E-state index contributed by atoms with van der Waals surface area (Å²) < 4.78 is 0. The molecule has 0 aromatic carbocycles. The van der Waals surface area contributed by atoms with E-state index >= 15 is 0 Å². The summed E-state index contributed by atoms with van der Waals surface area (Å²) in [4.78, 5) is 40.1. The topological polar surface area (TPSA) is 112 Å². The van der Waals surface area contributed by atoms with Gasteiger partial charge in [-0.15, -0.1) is 11.3 Å². The quantitative estimate of drug-likeness (QED) is 0.579. The number of hydrogen-bond acceptors (Lipinski definition) is 8. The second kappa shape index (κ2) is 8.97. The number of piperazine rings is 1. The van der Waals surface area contributed by atoms with Gasteiger partial charge in [0.15, 0.2) is 5.13 Å². The summed E-state index contributed by atoms with van der Waals surface area (Å²) in [6, 6.07) is 7.13. The fourth-order valence-electron chi connectivity index (χ4n) is 3.21. The molecule has 3 aromatic heterocycles. The Hall–Kier alpha value is -3.37. The van der Waals surface area contributed by atoms with E-state index in [4.69, 9.17) is 0 Å². The SMILES string of the molecule is O=CN1CCN(c2ccc(C(=O)Nc3nc(-c4cccnc4CO)cs3)nc2)CC1. The summed E-state index contributed by atoms with van der Waals surface area (Å²) in [7, 11) is 0. The molecule has 0 radical (unpaired) electrons. The Morgan fingerprint density at radius 1 is 1.20 bits per heavy atom. The number of hydrogen-bond donors (Lipinski definition) is 2. The van der Waals surface area contributed by atoms with Gasteiger partial charge in [0.2, 0.25) is 6.41 Å². The van der Waals surface area contributed by atoms with Gasteiger partial charge in [-0.2, -0.15) is 0 Å². The van der Waals surface area contributed by atoms with Crippen LogP contribution in [0, 0.1) is 0 Å². The number of nitrogens with zero attached hydrogens (tertiary/aromatic N) is 5. The summed E-state index contributed by atoms with van der Waals surface area (Å²) >= 11 is 1.29. The molecule has 10 heteroatoms. The van der Waals surface area contributed by atoms with E-state index in [-0.39, 0.29) is 12.5 Å². The van der Waals surface area contributed by atoms with Gasteiger partial charge in [0, 0.05) is 43.3 Å². The molecule has 4 heterocycles. The number of rotatable bonds is 6. The minimum atomic E-state index is -0.346. The highest BCUT2D eigenvalue weighted by atomic mass is 32.1. The van der Waals surface area contributed by atoms with Gasteiger partial charge >= 0.3 is 0 Å². The van der Waals surface area contributed by atoms with Crippen LogP contribution in [0.3, 0.4) is 0 Å². The monoisotopic (exact) mass is 424 g/mol. The Bertz CT molecular complexity index is 1030. The van der Waals surface area contributed by atoms with Crippen molar-refractivity contribution >= 4 is 34.5 Å². The molecule has 1 saturated heterocycles. The third-order valence-electron chi connectivity index (χ3n) is 4.85. The molecule has 30 heavy (non-hydrogen) atoms. The molecule has 2 amide bonds. The van der Waals surface area contributed by atoms with E-state index < -0.39 is 0 Å². The lowest BCUT2D eigenvalue weighted by Crippen LogP contribution is -2.45. The normalized spacial score (nSPS) is 13.9. The Kier molecular flexibility index (Phi) is 5.96. The van der Waals surface area contributed by atoms with Crippen LogP contribution in [0.15, 0.2) is 42.0 Å². The van der Waals surface area contributed by atoms with Gasteiger partial charge in [-0.25, -0.2) is 9.97 Å². The van der Waals surface area contributed by atoms with Crippen molar-refractivity contribution in [3.63, 3.8) is 0 Å². The Morgan fingerprint density at radius 2 is 2.03 bits per heavy atom. The lowest BCUT2D eigenvalue weighted by atomic mass is 10.1. The van der Waals surface area contributed by atoms with Crippen LogP contribution in [0.25, 0.3) is 11.3 Å². The van der Waals surface area contributed by atoms with Gasteiger partial charge in [-0.1, -0.05) is 0 Å². The third kappa shape index (κ3) is 4.29. The van der Waals surface area contributed by atoms with Crippen LogP contribution in [-0.4, -0.2) is 63.5 Å². The number of carbonyl (C=O) groups excluding carboxylic acids is 2. The van der Waals surface area contributed by atoms with E-state index in [1.165, 1.54) is 11.3 Å². The molecule has 1 aliphatic rings. The van der Waals surface area contributed by atoms with Gasteiger partial charge in [0.1, 0.15) is 5.69 Å². The summed E-state index contributed by atoms with van der Waals surface area (Å²) in [6.45, 7) is 2.63. The molecule has 2 N–H and O–H groups in total. The number of anilines is 2. The second-order valence-corrected chi connectivity index (χ2v) is 7.54. The van der Waals surface area contributed by atoms with Crippen molar-refractivity contribution in [3.8, 4) is 11.3 Å². The number of carbonyl (C=O) groups is 2. The van der Waals surface area contributed by atoms with Crippen molar-refractivity contribution < 1.29 is 14.7 Å². The zero-order chi connectivity index (χ0) is 20.9. The molecule has 154 valence electrons. The van der Waals surface area contributed by atoms with E-state index in [0.717, 1.165) is 30.8 Å². The third-order valence-corrected chi connectivity index (χ3v) is 5.61. The van der Waals surface area contributed by atoms with Crippen LogP contribution in [0.4, 0.5) is 10.8 Å². The first-order chi connectivity index (χ1) is 14.7. The van der Waals surface area contributed by atoms with Crippen LogP contribution in [0.1, 0.15) is 16.2 Å². The van der Waals surface area contributed by atoms with Crippen LogP contribution in [0.5, 0.6) is 0 Å². The number of pyridine rings is 2. The van der Waals surface area contributed by atoms with Crippen LogP contribution in [0.2, 0.25) is 0 Å². The molecule has 0 unspecified atom stereocenters. The van der Waals surface area contributed by atoms with Crippen molar-refractivity contribution in [2.45, 2.75) is 6.61 Å². The zero-order valence-electron chi connectivity index (χ0n) is 16.1.